The summed E-state index contributed by atoms with van der Waals surface area (Å²) in [6.45, 7) is 12.4. The molecule has 1 N–H and O–H groups in total. The predicted molar refractivity (Wildman–Crippen MR) is 116 cm³/mol. The maximum atomic E-state index is 12.7. The first-order valence-corrected chi connectivity index (χ1v) is 10.4. The molecule has 0 saturated heterocycles. The number of hydrogen-bond acceptors (Lipinski definition) is 5. The first-order chi connectivity index (χ1) is 13.9. The first-order valence-electron chi connectivity index (χ1n) is 10.4. The average molecular weight is 413 g/mol. The largest absolute Gasteiger partial charge is 0.490 e. The zero-order chi connectivity index (χ0) is 22.5. The van der Waals surface area contributed by atoms with E-state index in [1.807, 2.05) is 26.8 Å². The van der Waals surface area contributed by atoms with Crippen molar-refractivity contribution in [3.05, 3.63) is 29.3 Å². The van der Waals surface area contributed by atoms with Gasteiger partial charge in [0.15, 0.2) is 11.5 Å². The first kappa shape index (κ1) is 23.5. The van der Waals surface area contributed by atoms with Gasteiger partial charge in [-0.2, -0.15) is 5.26 Å². The van der Waals surface area contributed by atoms with Gasteiger partial charge < -0.3 is 14.8 Å². The SMILES string of the molecule is CCOc1cc(/C=C(\C#N)C(=O)NC(C)(C)CC(C)(C)C)ccc1OC(=O)C1CC1. The molecule has 1 aromatic rings. The van der Waals surface area contributed by atoms with Crippen LogP contribution in [0.15, 0.2) is 23.8 Å². The summed E-state index contributed by atoms with van der Waals surface area (Å²) in [6.07, 6.45) is 3.99. The average Bonchev–Trinajstić information content (AvgIpc) is 3.44. The summed E-state index contributed by atoms with van der Waals surface area (Å²) in [5.41, 5.74) is 0.197. The standard InChI is InChI=1S/C24H32N2O4/c1-7-29-20-13-16(8-11-19(20)30-22(28)17-9-10-17)12-18(14-25)21(27)26-24(5,6)15-23(2,3)4/h8,11-13,17H,7,9-10,15H2,1-6H3,(H,26,27)/b18-12+. The smallest absolute Gasteiger partial charge is 0.314 e. The number of carbonyl (C=O) groups excluding carboxylic acids is 2. The molecular formula is C24H32N2O4. The molecule has 0 radical (unpaired) electrons. The molecule has 0 atom stereocenters. The van der Waals surface area contributed by atoms with E-state index in [1.54, 1.807) is 18.2 Å². The van der Waals surface area contributed by atoms with Crippen LogP contribution >= 0.6 is 0 Å². The van der Waals surface area contributed by atoms with Gasteiger partial charge in [-0.15, -0.1) is 0 Å². The maximum Gasteiger partial charge on any atom is 0.314 e. The van der Waals surface area contributed by atoms with Crippen molar-refractivity contribution in [2.24, 2.45) is 11.3 Å². The summed E-state index contributed by atoms with van der Waals surface area (Å²) in [5.74, 6) is 0.0573. The molecule has 30 heavy (non-hydrogen) atoms. The van der Waals surface area contributed by atoms with Gasteiger partial charge in [0.25, 0.3) is 5.91 Å². The van der Waals surface area contributed by atoms with Crippen molar-refractivity contribution >= 4 is 18.0 Å². The zero-order valence-electron chi connectivity index (χ0n) is 18.8. The Morgan fingerprint density at radius 2 is 1.87 bits per heavy atom. The number of hydrogen-bond donors (Lipinski definition) is 1. The van der Waals surface area contributed by atoms with Gasteiger partial charge in [0.05, 0.1) is 12.5 Å². The third-order valence-corrected chi connectivity index (χ3v) is 4.49. The molecule has 162 valence electrons. The second-order valence-corrected chi connectivity index (χ2v) is 9.58. The normalized spacial score (nSPS) is 14.6. The fraction of sp³-hybridized carbons (Fsp3) is 0.542. The molecule has 0 aromatic heterocycles. The van der Waals surface area contributed by atoms with E-state index < -0.39 is 11.4 Å². The van der Waals surface area contributed by atoms with Gasteiger partial charge in [-0.25, -0.2) is 0 Å². The fourth-order valence-corrected chi connectivity index (χ4v) is 3.54. The number of esters is 1. The summed E-state index contributed by atoms with van der Waals surface area (Å²) >= 11 is 0. The van der Waals surface area contributed by atoms with Crippen molar-refractivity contribution in [3.8, 4) is 17.6 Å². The molecule has 0 bridgehead atoms. The Morgan fingerprint density at radius 3 is 2.40 bits per heavy atom. The van der Waals surface area contributed by atoms with Crippen LogP contribution < -0.4 is 14.8 Å². The molecule has 0 heterocycles. The lowest BCUT2D eigenvalue weighted by Crippen LogP contribution is -2.46. The molecule has 0 aliphatic heterocycles. The number of amides is 1. The Labute approximate surface area is 179 Å². The Bertz CT molecular complexity index is 868. The Kier molecular flexibility index (Phi) is 7.30. The van der Waals surface area contributed by atoms with Crippen LogP contribution in [0.3, 0.4) is 0 Å². The lowest BCUT2D eigenvalue weighted by molar-refractivity contribution is -0.135. The van der Waals surface area contributed by atoms with Crippen molar-refractivity contribution in [1.29, 1.82) is 5.26 Å². The van der Waals surface area contributed by atoms with Gasteiger partial charge >= 0.3 is 5.97 Å². The third-order valence-electron chi connectivity index (χ3n) is 4.49. The Hall–Kier alpha value is -2.81. The van der Waals surface area contributed by atoms with Gasteiger partial charge in [-0.3, -0.25) is 9.59 Å². The maximum absolute atomic E-state index is 12.7. The summed E-state index contributed by atoms with van der Waals surface area (Å²) < 4.78 is 11.0. The second kappa shape index (κ2) is 9.34. The van der Waals surface area contributed by atoms with Crippen LogP contribution in [0, 0.1) is 22.7 Å². The van der Waals surface area contributed by atoms with Crippen LogP contribution in [-0.2, 0) is 9.59 Å². The summed E-state index contributed by atoms with van der Waals surface area (Å²) in [6, 6.07) is 6.98. The third kappa shape index (κ3) is 7.22. The number of nitriles is 1. The number of benzene rings is 1. The lowest BCUT2D eigenvalue weighted by atomic mass is 9.81. The van der Waals surface area contributed by atoms with Gasteiger partial charge in [0.1, 0.15) is 11.6 Å². The minimum Gasteiger partial charge on any atom is -0.490 e. The number of carbonyl (C=O) groups is 2. The predicted octanol–water partition coefficient (Wildman–Crippen LogP) is 4.64. The number of nitrogens with zero attached hydrogens (tertiary/aromatic N) is 1. The van der Waals surface area contributed by atoms with Crippen LogP contribution in [0.25, 0.3) is 6.08 Å². The van der Waals surface area contributed by atoms with E-state index in [9.17, 15) is 14.9 Å². The van der Waals surface area contributed by atoms with Gasteiger partial charge in [-0.05, 0) is 69.2 Å². The van der Waals surface area contributed by atoms with E-state index in [4.69, 9.17) is 9.47 Å². The highest BCUT2D eigenvalue weighted by molar-refractivity contribution is 6.02. The summed E-state index contributed by atoms with van der Waals surface area (Å²) in [5, 5.41) is 12.5. The van der Waals surface area contributed by atoms with E-state index in [-0.39, 0.29) is 22.9 Å². The zero-order valence-corrected chi connectivity index (χ0v) is 18.8. The Balaban J connectivity index is 2.21. The quantitative estimate of drug-likeness (QED) is 0.291. The van der Waals surface area contributed by atoms with E-state index in [0.29, 0.717) is 23.7 Å². The number of nitrogens with one attached hydrogen (secondary N) is 1. The van der Waals surface area contributed by atoms with E-state index in [2.05, 4.69) is 26.1 Å². The van der Waals surface area contributed by atoms with Crippen molar-refractivity contribution in [2.75, 3.05) is 6.61 Å². The highest BCUT2D eigenvalue weighted by atomic mass is 16.6. The molecule has 6 heteroatoms. The van der Waals surface area contributed by atoms with Gasteiger partial charge in [0, 0.05) is 5.54 Å². The number of ether oxygens (including phenoxy) is 2. The second-order valence-electron chi connectivity index (χ2n) is 9.58. The molecule has 1 aliphatic rings. The van der Waals surface area contributed by atoms with Crippen LogP contribution in [0.4, 0.5) is 0 Å². The minimum absolute atomic E-state index is 0.00200. The molecule has 1 fully saturated rings. The van der Waals surface area contributed by atoms with Crippen LogP contribution in [0.1, 0.15) is 66.4 Å². The molecule has 1 aliphatic carbocycles. The van der Waals surface area contributed by atoms with Crippen LogP contribution in [-0.4, -0.2) is 24.0 Å². The highest BCUT2D eigenvalue weighted by Gasteiger charge is 2.32. The molecular weight excluding hydrogens is 380 g/mol. The van der Waals surface area contributed by atoms with Gasteiger partial charge in [-0.1, -0.05) is 26.8 Å². The topological polar surface area (TPSA) is 88.4 Å². The van der Waals surface area contributed by atoms with E-state index in [1.165, 1.54) is 6.08 Å². The van der Waals surface area contributed by atoms with Crippen molar-refractivity contribution in [3.63, 3.8) is 0 Å². The summed E-state index contributed by atoms with van der Waals surface area (Å²) in [4.78, 5) is 24.7. The lowest BCUT2D eigenvalue weighted by Gasteiger charge is -2.33. The number of rotatable bonds is 8. The van der Waals surface area contributed by atoms with Crippen LogP contribution in [0.5, 0.6) is 11.5 Å². The monoisotopic (exact) mass is 412 g/mol. The molecule has 2 rings (SSSR count). The van der Waals surface area contributed by atoms with E-state index in [0.717, 1.165) is 19.3 Å². The van der Waals surface area contributed by atoms with Crippen molar-refractivity contribution < 1.29 is 19.1 Å². The molecule has 0 spiro atoms. The minimum atomic E-state index is -0.456. The Morgan fingerprint density at radius 1 is 1.20 bits per heavy atom. The fourth-order valence-electron chi connectivity index (χ4n) is 3.54. The molecule has 0 unspecified atom stereocenters. The molecule has 1 aromatic carbocycles. The molecule has 1 saturated carbocycles. The molecule has 1 amide bonds. The van der Waals surface area contributed by atoms with E-state index >= 15 is 0 Å². The van der Waals surface area contributed by atoms with Crippen molar-refractivity contribution in [2.45, 2.75) is 66.3 Å². The highest BCUT2D eigenvalue weighted by Crippen LogP contribution is 2.35. The van der Waals surface area contributed by atoms with Crippen LogP contribution in [0.2, 0.25) is 0 Å². The van der Waals surface area contributed by atoms with Gasteiger partial charge in [0.2, 0.25) is 0 Å². The van der Waals surface area contributed by atoms with Crippen molar-refractivity contribution in [1.82, 2.24) is 5.32 Å². The summed E-state index contributed by atoms with van der Waals surface area (Å²) in [7, 11) is 0. The molecule has 6 nitrogen and oxygen atoms in total.